The van der Waals surface area contributed by atoms with E-state index < -0.39 is 9.84 Å². The Morgan fingerprint density at radius 3 is 2.12 bits per heavy atom. The zero-order valence-electron chi connectivity index (χ0n) is 13.7. The Morgan fingerprint density at radius 1 is 1.04 bits per heavy atom. The lowest BCUT2D eigenvalue weighted by Gasteiger charge is -2.25. The van der Waals surface area contributed by atoms with Crippen LogP contribution >= 0.6 is 0 Å². The maximum absolute atomic E-state index is 13.0. The number of sulfone groups is 1. The second-order valence-corrected chi connectivity index (χ2v) is 7.78. The maximum atomic E-state index is 13.0. The van der Waals surface area contributed by atoms with E-state index in [1.807, 2.05) is 4.90 Å². The van der Waals surface area contributed by atoms with Crippen molar-refractivity contribution >= 4 is 21.3 Å². The average molecular weight is 349 g/mol. The molecule has 0 atom stereocenters. The molecule has 2 rings (SSSR count). The number of nitrogens with zero attached hydrogens (tertiary/aromatic N) is 1. The summed E-state index contributed by atoms with van der Waals surface area (Å²) in [4.78, 5) is 13.5. The Balaban J connectivity index is 2.24. The van der Waals surface area contributed by atoms with E-state index in [1.165, 1.54) is 19.1 Å². The van der Waals surface area contributed by atoms with Crippen LogP contribution in [0.25, 0.3) is 0 Å². The zero-order chi connectivity index (χ0) is 17.7. The van der Waals surface area contributed by atoms with E-state index in [1.54, 1.807) is 36.4 Å². The number of carbonyl (C=O) groups excluding carboxylic acids is 1. The molecular formula is C18H20FNO3S. The normalized spacial score (nSPS) is 11.3. The molecule has 24 heavy (non-hydrogen) atoms. The molecule has 0 radical (unpaired) electrons. The predicted octanol–water partition coefficient (Wildman–Crippen LogP) is 3.21. The van der Waals surface area contributed by atoms with Crippen LogP contribution in [-0.2, 0) is 21.2 Å². The van der Waals surface area contributed by atoms with Gasteiger partial charge in [-0.15, -0.1) is 0 Å². The number of hydrogen-bond donors (Lipinski definition) is 0. The van der Waals surface area contributed by atoms with Crippen molar-refractivity contribution in [2.24, 2.45) is 0 Å². The third-order valence-corrected chi connectivity index (χ3v) is 4.78. The van der Waals surface area contributed by atoms with E-state index in [2.05, 4.69) is 0 Å². The van der Waals surface area contributed by atoms with Crippen LogP contribution < -0.4 is 4.90 Å². The molecule has 0 saturated carbocycles. The highest BCUT2D eigenvalue weighted by atomic mass is 32.2. The standard InChI is InChI=1S/C18H20FNO3S/c1-14(21)11-12-20(13-15-3-5-16(19)6-4-15)17-7-9-18(10-8-17)24(2,22)23/h3-10H,11-13H2,1-2H3. The molecule has 0 fully saturated rings. The molecule has 4 nitrogen and oxygen atoms in total. The van der Waals surface area contributed by atoms with Crippen molar-refractivity contribution in [1.82, 2.24) is 0 Å². The molecule has 0 spiro atoms. The fraction of sp³-hybridized carbons (Fsp3) is 0.278. The largest absolute Gasteiger partial charge is 0.367 e. The summed E-state index contributed by atoms with van der Waals surface area (Å²) in [5, 5.41) is 0. The molecule has 128 valence electrons. The van der Waals surface area contributed by atoms with Crippen molar-refractivity contribution in [3.8, 4) is 0 Å². The molecule has 0 heterocycles. The van der Waals surface area contributed by atoms with Gasteiger partial charge in [0.2, 0.25) is 0 Å². The quantitative estimate of drug-likeness (QED) is 0.770. The molecule has 0 aromatic heterocycles. The van der Waals surface area contributed by atoms with Crippen LogP contribution in [0.3, 0.4) is 0 Å². The van der Waals surface area contributed by atoms with Gasteiger partial charge in [0, 0.05) is 31.5 Å². The summed E-state index contributed by atoms with van der Waals surface area (Å²) >= 11 is 0. The summed E-state index contributed by atoms with van der Waals surface area (Å²) in [6.45, 7) is 2.54. The van der Waals surface area contributed by atoms with Crippen molar-refractivity contribution in [2.75, 3.05) is 17.7 Å². The minimum Gasteiger partial charge on any atom is -0.367 e. The number of Topliss-reactive ketones (excluding diaryl/α,β-unsaturated/α-hetero) is 1. The predicted molar refractivity (Wildman–Crippen MR) is 92.3 cm³/mol. The number of hydrogen-bond acceptors (Lipinski definition) is 4. The summed E-state index contributed by atoms with van der Waals surface area (Å²) in [5.74, 6) is -0.224. The smallest absolute Gasteiger partial charge is 0.175 e. The minimum absolute atomic E-state index is 0.0758. The Hall–Kier alpha value is -2.21. The van der Waals surface area contributed by atoms with Gasteiger partial charge in [-0.25, -0.2) is 12.8 Å². The summed E-state index contributed by atoms with van der Waals surface area (Å²) < 4.78 is 36.2. The van der Waals surface area contributed by atoms with Crippen LogP contribution in [0.5, 0.6) is 0 Å². The molecule has 0 unspecified atom stereocenters. The van der Waals surface area contributed by atoms with Gasteiger partial charge >= 0.3 is 0 Å². The molecule has 0 amide bonds. The third kappa shape index (κ3) is 5.16. The number of halogens is 1. The topological polar surface area (TPSA) is 54.5 Å². The molecule has 6 heteroatoms. The second kappa shape index (κ2) is 7.57. The van der Waals surface area contributed by atoms with Crippen molar-refractivity contribution in [1.29, 1.82) is 0 Å². The Kier molecular flexibility index (Phi) is 5.72. The van der Waals surface area contributed by atoms with Gasteiger partial charge in [-0.2, -0.15) is 0 Å². The fourth-order valence-electron chi connectivity index (χ4n) is 2.31. The fourth-order valence-corrected chi connectivity index (χ4v) is 2.94. The van der Waals surface area contributed by atoms with E-state index in [-0.39, 0.29) is 16.5 Å². The molecule has 2 aromatic rings. The SMILES string of the molecule is CC(=O)CCN(Cc1ccc(F)cc1)c1ccc(S(C)(=O)=O)cc1. The van der Waals surface area contributed by atoms with Gasteiger partial charge in [-0.05, 0) is 48.9 Å². The van der Waals surface area contributed by atoms with Crippen molar-refractivity contribution < 1.29 is 17.6 Å². The Morgan fingerprint density at radius 2 is 1.62 bits per heavy atom. The van der Waals surface area contributed by atoms with E-state index in [9.17, 15) is 17.6 Å². The highest BCUT2D eigenvalue weighted by Crippen LogP contribution is 2.21. The minimum atomic E-state index is -3.25. The summed E-state index contributed by atoms with van der Waals surface area (Å²) in [6.07, 6.45) is 1.54. The second-order valence-electron chi connectivity index (χ2n) is 5.77. The van der Waals surface area contributed by atoms with Crippen LogP contribution in [0.15, 0.2) is 53.4 Å². The molecule has 2 aromatic carbocycles. The first-order valence-electron chi connectivity index (χ1n) is 7.54. The van der Waals surface area contributed by atoms with Crippen LogP contribution in [0.2, 0.25) is 0 Å². The lowest BCUT2D eigenvalue weighted by Crippen LogP contribution is -2.25. The average Bonchev–Trinajstić information content (AvgIpc) is 2.52. The molecule has 0 aliphatic carbocycles. The molecule has 0 aliphatic heterocycles. The Bertz CT molecular complexity index is 799. The summed E-state index contributed by atoms with van der Waals surface area (Å²) in [6, 6.07) is 12.7. The zero-order valence-corrected chi connectivity index (χ0v) is 14.5. The van der Waals surface area contributed by atoms with Gasteiger partial charge in [0.15, 0.2) is 9.84 Å². The van der Waals surface area contributed by atoms with Crippen molar-refractivity contribution in [3.05, 3.63) is 59.9 Å². The van der Waals surface area contributed by atoms with E-state index >= 15 is 0 Å². The highest BCUT2D eigenvalue weighted by Gasteiger charge is 2.11. The summed E-state index contributed by atoms with van der Waals surface area (Å²) in [7, 11) is -3.25. The van der Waals surface area contributed by atoms with E-state index in [4.69, 9.17) is 0 Å². The van der Waals surface area contributed by atoms with Crippen LogP contribution in [0.1, 0.15) is 18.9 Å². The van der Waals surface area contributed by atoms with Gasteiger partial charge in [-0.1, -0.05) is 12.1 Å². The number of benzene rings is 2. The van der Waals surface area contributed by atoms with E-state index in [0.29, 0.717) is 19.5 Å². The van der Waals surface area contributed by atoms with Crippen LogP contribution in [0.4, 0.5) is 10.1 Å². The molecule has 0 saturated heterocycles. The Labute approximate surface area is 141 Å². The highest BCUT2D eigenvalue weighted by molar-refractivity contribution is 7.90. The maximum Gasteiger partial charge on any atom is 0.175 e. The van der Waals surface area contributed by atoms with E-state index in [0.717, 1.165) is 17.5 Å². The van der Waals surface area contributed by atoms with Gasteiger partial charge in [-0.3, -0.25) is 4.79 Å². The van der Waals surface area contributed by atoms with Gasteiger partial charge < -0.3 is 4.90 Å². The van der Waals surface area contributed by atoms with Gasteiger partial charge in [0.1, 0.15) is 11.6 Å². The van der Waals surface area contributed by atoms with Gasteiger partial charge in [0.05, 0.1) is 4.90 Å². The molecular weight excluding hydrogens is 329 g/mol. The first-order valence-corrected chi connectivity index (χ1v) is 9.44. The lowest BCUT2D eigenvalue weighted by molar-refractivity contribution is -0.116. The number of ketones is 1. The first kappa shape index (κ1) is 18.1. The number of anilines is 1. The monoisotopic (exact) mass is 349 g/mol. The first-order chi connectivity index (χ1) is 11.3. The van der Waals surface area contributed by atoms with Gasteiger partial charge in [0.25, 0.3) is 0 Å². The van der Waals surface area contributed by atoms with Crippen LogP contribution in [-0.4, -0.2) is 27.0 Å². The van der Waals surface area contributed by atoms with Crippen molar-refractivity contribution in [3.63, 3.8) is 0 Å². The summed E-state index contributed by atoms with van der Waals surface area (Å²) in [5.41, 5.74) is 1.72. The lowest BCUT2D eigenvalue weighted by atomic mass is 10.1. The molecule has 0 N–H and O–H groups in total. The third-order valence-electron chi connectivity index (χ3n) is 3.65. The van der Waals surface area contributed by atoms with Crippen LogP contribution in [0, 0.1) is 5.82 Å². The molecule has 0 bridgehead atoms. The number of rotatable bonds is 7. The van der Waals surface area contributed by atoms with Crippen molar-refractivity contribution in [2.45, 2.75) is 24.8 Å². The number of carbonyl (C=O) groups is 1. The molecule has 0 aliphatic rings.